The second kappa shape index (κ2) is 3.44. The molecule has 0 N–H and O–H groups in total. The van der Waals surface area contributed by atoms with Crippen LogP contribution in [0.15, 0.2) is 23.8 Å². The van der Waals surface area contributed by atoms with Gasteiger partial charge in [0.25, 0.3) is 0 Å². The van der Waals surface area contributed by atoms with Gasteiger partial charge in [-0.3, -0.25) is 0 Å². The number of allylic oxidation sites excluding steroid dienone is 4. The lowest BCUT2D eigenvalue weighted by Crippen LogP contribution is -2.12. The second-order valence-electron chi connectivity index (χ2n) is 4.71. The molecule has 1 aliphatic rings. The molecule has 0 nitrogen and oxygen atoms in total. The Kier molecular flexibility index (Phi) is 2.79. The summed E-state index contributed by atoms with van der Waals surface area (Å²) >= 11 is 0. The zero-order valence-corrected chi connectivity index (χ0v) is 8.65. The van der Waals surface area contributed by atoms with E-state index < -0.39 is 18.5 Å². The molecule has 0 amide bonds. The minimum atomic E-state index is -4.07. The Morgan fingerprint density at radius 2 is 1.79 bits per heavy atom. The van der Waals surface area contributed by atoms with Crippen molar-refractivity contribution in [2.24, 2.45) is 11.3 Å². The van der Waals surface area contributed by atoms with Crippen LogP contribution in [0.25, 0.3) is 0 Å². The maximum absolute atomic E-state index is 12.1. The van der Waals surface area contributed by atoms with E-state index in [0.717, 1.165) is 5.57 Å². The quantitative estimate of drug-likeness (QED) is 0.603. The predicted molar refractivity (Wildman–Crippen MR) is 50.8 cm³/mol. The average Bonchev–Trinajstić information content (AvgIpc) is 2.29. The molecule has 1 atom stereocenters. The molecule has 0 radical (unpaired) electrons. The summed E-state index contributed by atoms with van der Waals surface area (Å²) in [5.41, 5.74) is 0.934. The Hall–Kier alpha value is -0.730. The molecule has 0 aromatic rings. The van der Waals surface area contributed by atoms with Crippen LogP contribution < -0.4 is 0 Å². The molecule has 3 heteroatoms. The van der Waals surface area contributed by atoms with Crippen LogP contribution in [0.5, 0.6) is 0 Å². The molecule has 1 rings (SSSR count). The van der Waals surface area contributed by atoms with Crippen LogP contribution in [0.2, 0.25) is 0 Å². The van der Waals surface area contributed by atoms with Gasteiger partial charge in [-0.1, -0.05) is 39.0 Å². The molecule has 0 fully saturated rings. The summed E-state index contributed by atoms with van der Waals surface area (Å²) in [7, 11) is 0. The number of hydrogen-bond donors (Lipinski definition) is 0. The largest absolute Gasteiger partial charge is 0.389 e. The molecule has 0 spiro atoms. The van der Waals surface area contributed by atoms with Gasteiger partial charge in [-0.2, -0.15) is 13.2 Å². The number of rotatable bonds is 1. The Labute approximate surface area is 82.5 Å². The van der Waals surface area contributed by atoms with E-state index in [1.54, 1.807) is 18.2 Å². The SMILES string of the molecule is CC(C)(C)C1=CC(CC(F)(F)F)C=C1. The van der Waals surface area contributed by atoms with Crippen LogP contribution in [0, 0.1) is 11.3 Å². The highest BCUT2D eigenvalue weighted by atomic mass is 19.4. The molecule has 1 aliphatic carbocycles. The monoisotopic (exact) mass is 204 g/mol. The lowest BCUT2D eigenvalue weighted by molar-refractivity contribution is -0.138. The number of hydrogen-bond acceptors (Lipinski definition) is 0. The molecular weight excluding hydrogens is 189 g/mol. The van der Waals surface area contributed by atoms with Gasteiger partial charge in [0.15, 0.2) is 0 Å². The Bertz CT molecular complexity index is 263. The van der Waals surface area contributed by atoms with Gasteiger partial charge in [-0.05, 0) is 11.0 Å². The van der Waals surface area contributed by atoms with E-state index in [1.807, 2.05) is 20.8 Å². The van der Waals surface area contributed by atoms with Crippen LogP contribution >= 0.6 is 0 Å². The van der Waals surface area contributed by atoms with E-state index in [4.69, 9.17) is 0 Å². The van der Waals surface area contributed by atoms with Gasteiger partial charge < -0.3 is 0 Å². The van der Waals surface area contributed by atoms with Crippen molar-refractivity contribution in [1.82, 2.24) is 0 Å². The van der Waals surface area contributed by atoms with Crippen LogP contribution in [0.1, 0.15) is 27.2 Å². The first kappa shape index (κ1) is 11.3. The second-order valence-corrected chi connectivity index (χ2v) is 4.71. The summed E-state index contributed by atoms with van der Waals surface area (Å²) in [6, 6.07) is 0. The zero-order valence-electron chi connectivity index (χ0n) is 8.65. The molecule has 0 aromatic heterocycles. The molecule has 0 aromatic carbocycles. The van der Waals surface area contributed by atoms with Crippen LogP contribution in [0.3, 0.4) is 0 Å². The number of alkyl halides is 3. The van der Waals surface area contributed by atoms with Gasteiger partial charge >= 0.3 is 6.18 Å². The van der Waals surface area contributed by atoms with Crippen molar-refractivity contribution in [2.75, 3.05) is 0 Å². The Morgan fingerprint density at radius 1 is 1.21 bits per heavy atom. The first-order valence-electron chi connectivity index (χ1n) is 4.66. The van der Waals surface area contributed by atoms with Crippen molar-refractivity contribution in [2.45, 2.75) is 33.4 Å². The molecule has 1 unspecified atom stereocenters. The lowest BCUT2D eigenvalue weighted by atomic mass is 9.87. The fourth-order valence-electron chi connectivity index (χ4n) is 1.46. The topological polar surface area (TPSA) is 0 Å². The smallest absolute Gasteiger partial charge is 0.171 e. The van der Waals surface area contributed by atoms with Gasteiger partial charge in [0.05, 0.1) is 6.42 Å². The summed E-state index contributed by atoms with van der Waals surface area (Å²) in [6.45, 7) is 6.00. The summed E-state index contributed by atoms with van der Waals surface area (Å²) < 4.78 is 36.2. The third-order valence-electron chi connectivity index (χ3n) is 2.25. The van der Waals surface area contributed by atoms with Crippen LogP contribution in [-0.2, 0) is 0 Å². The van der Waals surface area contributed by atoms with Crippen molar-refractivity contribution < 1.29 is 13.2 Å². The van der Waals surface area contributed by atoms with E-state index >= 15 is 0 Å². The van der Waals surface area contributed by atoms with E-state index in [9.17, 15) is 13.2 Å². The maximum atomic E-state index is 12.1. The van der Waals surface area contributed by atoms with Crippen LogP contribution in [-0.4, -0.2) is 6.18 Å². The van der Waals surface area contributed by atoms with Gasteiger partial charge in [0.2, 0.25) is 0 Å². The zero-order chi connectivity index (χ0) is 11.0. The highest BCUT2D eigenvalue weighted by Crippen LogP contribution is 2.36. The van der Waals surface area contributed by atoms with E-state index in [2.05, 4.69) is 0 Å². The molecule has 0 saturated heterocycles. The fraction of sp³-hybridized carbons (Fsp3) is 0.636. The fourth-order valence-corrected chi connectivity index (χ4v) is 1.46. The standard InChI is InChI=1S/C11H15F3/c1-10(2,3)9-5-4-8(6-9)7-11(12,13)14/h4-6,8H,7H2,1-3H3. The average molecular weight is 204 g/mol. The molecule has 0 aliphatic heterocycles. The van der Waals surface area contributed by atoms with Crippen molar-refractivity contribution in [1.29, 1.82) is 0 Å². The summed E-state index contributed by atoms with van der Waals surface area (Å²) in [6.07, 6.45) is 0.333. The third kappa shape index (κ3) is 3.20. The van der Waals surface area contributed by atoms with Gasteiger partial charge in [0, 0.05) is 5.92 Å². The summed E-state index contributed by atoms with van der Waals surface area (Å²) in [4.78, 5) is 0. The van der Waals surface area contributed by atoms with Crippen molar-refractivity contribution in [3.05, 3.63) is 23.8 Å². The van der Waals surface area contributed by atoms with Gasteiger partial charge in [-0.15, -0.1) is 0 Å². The molecule has 0 heterocycles. The van der Waals surface area contributed by atoms with E-state index in [1.165, 1.54) is 0 Å². The normalized spacial score (nSPS) is 22.7. The molecule has 14 heavy (non-hydrogen) atoms. The Balaban J connectivity index is 2.65. The minimum absolute atomic E-state index is 0.0587. The Morgan fingerprint density at radius 3 is 2.14 bits per heavy atom. The highest BCUT2D eigenvalue weighted by Gasteiger charge is 2.32. The third-order valence-corrected chi connectivity index (χ3v) is 2.25. The molecule has 0 saturated carbocycles. The van der Waals surface area contributed by atoms with Crippen LogP contribution in [0.4, 0.5) is 13.2 Å². The molecule has 80 valence electrons. The highest BCUT2D eigenvalue weighted by molar-refractivity contribution is 5.33. The maximum Gasteiger partial charge on any atom is 0.389 e. The van der Waals surface area contributed by atoms with E-state index in [-0.39, 0.29) is 5.41 Å². The number of halogens is 3. The molecular formula is C11H15F3. The molecule has 0 bridgehead atoms. The lowest BCUT2D eigenvalue weighted by Gasteiger charge is -2.18. The minimum Gasteiger partial charge on any atom is -0.171 e. The van der Waals surface area contributed by atoms with E-state index in [0.29, 0.717) is 0 Å². The summed E-state index contributed by atoms with van der Waals surface area (Å²) in [5, 5.41) is 0. The predicted octanol–water partition coefficient (Wildman–Crippen LogP) is 4.10. The van der Waals surface area contributed by atoms with Crippen molar-refractivity contribution >= 4 is 0 Å². The first-order valence-corrected chi connectivity index (χ1v) is 4.66. The van der Waals surface area contributed by atoms with Crippen molar-refractivity contribution in [3.8, 4) is 0 Å². The van der Waals surface area contributed by atoms with Gasteiger partial charge in [-0.25, -0.2) is 0 Å². The van der Waals surface area contributed by atoms with Crippen molar-refractivity contribution in [3.63, 3.8) is 0 Å². The first-order chi connectivity index (χ1) is 6.18. The van der Waals surface area contributed by atoms with Gasteiger partial charge in [0.1, 0.15) is 0 Å². The summed E-state index contributed by atoms with van der Waals surface area (Å²) in [5.74, 6) is -0.468.